The van der Waals surface area contributed by atoms with Gasteiger partial charge in [-0.25, -0.2) is 13.8 Å². The molecule has 3 aromatic rings. The standard InChI is InChI=1S/C21H22N6O2S/c1-21(2,3)29-20(28)27(13-10-22)30-18-6-4-17(5-7-18)19-15-26(25-24-19)14-16-8-11-23-12-9-16/h4-9,11-12,15H,13-14H2,1-3H3. The number of ether oxygens (including phenoxy) is 1. The number of carbonyl (C=O) groups excluding carboxylic acids is 1. The fraction of sp³-hybridized carbons (Fsp3) is 0.286. The van der Waals surface area contributed by atoms with E-state index in [1.54, 1.807) is 37.8 Å². The highest BCUT2D eigenvalue weighted by molar-refractivity contribution is 7.97. The van der Waals surface area contributed by atoms with Crippen molar-refractivity contribution in [3.05, 3.63) is 60.6 Å². The zero-order valence-electron chi connectivity index (χ0n) is 17.0. The first kappa shape index (κ1) is 21.3. The molecule has 0 N–H and O–H groups in total. The van der Waals surface area contributed by atoms with Gasteiger partial charge >= 0.3 is 6.09 Å². The summed E-state index contributed by atoms with van der Waals surface area (Å²) in [6, 6.07) is 13.4. The monoisotopic (exact) mass is 422 g/mol. The number of pyridine rings is 1. The van der Waals surface area contributed by atoms with Crippen molar-refractivity contribution in [2.24, 2.45) is 0 Å². The van der Waals surface area contributed by atoms with Crippen LogP contribution in [0.3, 0.4) is 0 Å². The molecule has 0 aliphatic heterocycles. The van der Waals surface area contributed by atoms with Gasteiger partial charge in [-0.2, -0.15) is 5.26 Å². The van der Waals surface area contributed by atoms with E-state index in [2.05, 4.69) is 15.3 Å². The van der Waals surface area contributed by atoms with E-state index in [-0.39, 0.29) is 6.54 Å². The Kier molecular flexibility index (Phi) is 6.69. The Morgan fingerprint density at radius 3 is 2.53 bits per heavy atom. The van der Waals surface area contributed by atoms with Crippen LogP contribution in [-0.4, -0.2) is 42.5 Å². The molecule has 154 valence electrons. The van der Waals surface area contributed by atoms with Gasteiger partial charge in [-0.3, -0.25) is 4.98 Å². The molecule has 2 aromatic heterocycles. The average molecular weight is 423 g/mol. The molecular formula is C21H22N6O2S. The predicted molar refractivity (Wildman–Crippen MR) is 113 cm³/mol. The number of hydrogen-bond acceptors (Lipinski definition) is 7. The first-order valence-electron chi connectivity index (χ1n) is 9.29. The molecule has 0 aliphatic rings. The fourth-order valence-electron chi connectivity index (χ4n) is 2.51. The Hall–Kier alpha value is -3.38. The second kappa shape index (κ2) is 9.41. The largest absolute Gasteiger partial charge is 0.443 e. The van der Waals surface area contributed by atoms with Gasteiger partial charge in [0.1, 0.15) is 17.8 Å². The minimum absolute atomic E-state index is 0.0787. The lowest BCUT2D eigenvalue weighted by molar-refractivity contribution is 0.0419. The van der Waals surface area contributed by atoms with Crippen LogP contribution in [0.5, 0.6) is 0 Å². The van der Waals surface area contributed by atoms with Crippen LogP contribution in [0.4, 0.5) is 4.79 Å². The van der Waals surface area contributed by atoms with Crippen molar-refractivity contribution in [1.82, 2.24) is 24.3 Å². The number of rotatable bonds is 6. The van der Waals surface area contributed by atoms with Crippen LogP contribution in [-0.2, 0) is 11.3 Å². The molecular weight excluding hydrogens is 400 g/mol. The van der Waals surface area contributed by atoms with E-state index in [4.69, 9.17) is 10.00 Å². The molecule has 0 saturated heterocycles. The van der Waals surface area contributed by atoms with E-state index in [9.17, 15) is 4.79 Å². The van der Waals surface area contributed by atoms with Crippen LogP contribution in [0.25, 0.3) is 11.3 Å². The van der Waals surface area contributed by atoms with E-state index < -0.39 is 11.7 Å². The maximum absolute atomic E-state index is 12.3. The van der Waals surface area contributed by atoms with Crippen molar-refractivity contribution in [2.75, 3.05) is 6.54 Å². The first-order valence-corrected chi connectivity index (χ1v) is 10.1. The minimum atomic E-state index is -0.628. The first-order chi connectivity index (χ1) is 14.3. The molecule has 30 heavy (non-hydrogen) atoms. The highest BCUT2D eigenvalue weighted by atomic mass is 32.2. The molecule has 0 saturated carbocycles. The summed E-state index contributed by atoms with van der Waals surface area (Å²) >= 11 is 1.16. The number of aromatic nitrogens is 4. The van der Waals surface area contributed by atoms with Gasteiger partial charge in [0.25, 0.3) is 0 Å². The number of nitrogens with zero attached hydrogens (tertiary/aromatic N) is 6. The van der Waals surface area contributed by atoms with Crippen molar-refractivity contribution >= 4 is 18.0 Å². The van der Waals surface area contributed by atoms with Crippen LogP contribution in [0.15, 0.2) is 59.9 Å². The second-order valence-corrected chi connectivity index (χ2v) is 8.54. The summed E-state index contributed by atoms with van der Waals surface area (Å²) in [5.74, 6) is 0. The van der Waals surface area contributed by atoms with Crippen LogP contribution in [0, 0.1) is 11.3 Å². The summed E-state index contributed by atoms with van der Waals surface area (Å²) in [7, 11) is 0. The van der Waals surface area contributed by atoms with Crippen LogP contribution < -0.4 is 0 Å². The molecule has 0 spiro atoms. The van der Waals surface area contributed by atoms with Gasteiger partial charge in [0.15, 0.2) is 0 Å². The average Bonchev–Trinajstić information content (AvgIpc) is 3.16. The summed E-state index contributed by atoms with van der Waals surface area (Å²) in [6.45, 7) is 5.90. The van der Waals surface area contributed by atoms with E-state index in [0.717, 1.165) is 33.7 Å². The second-order valence-electron chi connectivity index (χ2n) is 7.45. The SMILES string of the molecule is CC(C)(C)OC(=O)N(CC#N)Sc1ccc(-c2cn(Cc3ccncc3)nn2)cc1. The summed E-state index contributed by atoms with van der Waals surface area (Å²) in [6.07, 6.45) is 4.83. The molecule has 1 amide bonds. The number of nitriles is 1. The highest BCUT2D eigenvalue weighted by Gasteiger charge is 2.23. The van der Waals surface area contributed by atoms with Crippen molar-refractivity contribution in [2.45, 2.75) is 37.8 Å². The molecule has 0 fully saturated rings. The van der Waals surface area contributed by atoms with Crippen LogP contribution >= 0.6 is 11.9 Å². The summed E-state index contributed by atoms with van der Waals surface area (Å²) < 4.78 is 8.42. The third-order valence-electron chi connectivity index (χ3n) is 3.81. The molecule has 0 aliphatic carbocycles. The Balaban J connectivity index is 1.67. The Bertz CT molecular complexity index is 1020. The molecule has 1 aromatic carbocycles. The Morgan fingerprint density at radius 2 is 1.90 bits per heavy atom. The third-order valence-corrected chi connectivity index (χ3v) is 4.79. The van der Waals surface area contributed by atoms with E-state index in [1.807, 2.05) is 48.7 Å². The normalized spacial score (nSPS) is 11.0. The number of carbonyl (C=O) groups is 1. The van der Waals surface area contributed by atoms with Gasteiger partial charge < -0.3 is 4.74 Å². The Labute approximate surface area is 179 Å². The van der Waals surface area contributed by atoms with Crippen LogP contribution in [0.2, 0.25) is 0 Å². The van der Waals surface area contributed by atoms with Gasteiger partial charge in [0.2, 0.25) is 0 Å². The smallest absolute Gasteiger partial charge is 0.421 e. The van der Waals surface area contributed by atoms with Crippen molar-refractivity contribution < 1.29 is 9.53 Å². The lowest BCUT2D eigenvalue weighted by Crippen LogP contribution is -2.32. The van der Waals surface area contributed by atoms with Gasteiger partial charge in [-0.1, -0.05) is 17.3 Å². The van der Waals surface area contributed by atoms with E-state index in [1.165, 1.54) is 4.31 Å². The zero-order chi connectivity index (χ0) is 21.6. The van der Waals surface area contributed by atoms with Gasteiger partial charge in [-0.15, -0.1) is 5.10 Å². The maximum atomic E-state index is 12.3. The quantitative estimate of drug-likeness (QED) is 0.435. The summed E-state index contributed by atoms with van der Waals surface area (Å²) in [5, 5.41) is 17.4. The summed E-state index contributed by atoms with van der Waals surface area (Å²) in [4.78, 5) is 17.1. The number of hydrogen-bond donors (Lipinski definition) is 0. The number of benzene rings is 1. The lowest BCUT2D eigenvalue weighted by atomic mass is 10.2. The van der Waals surface area contributed by atoms with Gasteiger partial charge in [0, 0.05) is 22.9 Å². The molecule has 0 radical (unpaired) electrons. The minimum Gasteiger partial charge on any atom is -0.443 e. The zero-order valence-corrected chi connectivity index (χ0v) is 17.8. The third kappa shape index (κ3) is 6.06. The lowest BCUT2D eigenvalue weighted by Gasteiger charge is -2.24. The molecule has 9 heteroatoms. The highest BCUT2D eigenvalue weighted by Crippen LogP contribution is 2.27. The van der Waals surface area contributed by atoms with Crippen molar-refractivity contribution in [3.8, 4) is 17.3 Å². The van der Waals surface area contributed by atoms with Gasteiger partial charge in [-0.05, 0) is 62.5 Å². The molecule has 0 atom stereocenters. The molecule has 0 unspecified atom stereocenters. The topological polar surface area (TPSA) is 96.9 Å². The van der Waals surface area contributed by atoms with Gasteiger partial charge in [0.05, 0.1) is 18.8 Å². The molecule has 8 nitrogen and oxygen atoms in total. The van der Waals surface area contributed by atoms with Crippen molar-refractivity contribution in [1.29, 1.82) is 5.26 Å². The van der Waals surface area contributed by atoms with Crippen molar-refractivity contribution in [3.63, 3.8) is 0 Å². The summed E-state index contributed by atoms with van der Waals surface area (Å²) in [5.41, 5.74) is 2.12. The molecule has 0 bridgehead atoms. The molecule has 2 heterocycles. The van der Waals surface area contributed by atoms with Crippen LogP contribution in [0.1, 0.15) is 26.3 Å². The fourth-order valence-corrected chi connectivity index (χ4v) is 3.25. The Morgan fingerprint density at radius 1 is 1.20 bits per heavy atom. The number of amides is 1. The molecule has 3 rings (SSSR count). The van der Waals surface area contributed by atoms with E-state index >= 15 is 0 Å². The van der Waals surface area contributed by atoms with E-state index in [0.29, 0.717) is 6.54 Å². The predicted octanol–water partition coefficient (Wildman–Crippen LogP) is 4.16. The maximum Gasteiger partial charge on any atom is 0.421 e.